The zero-order chi connectivity index (χ0) is 18.5. The minimum Gasteiger partial charge on any atom is -0.321 e. The molecule has 0 atom stereocenters. The maximum absolute atomic E-state index is 12.6. The predicted molar refractivity (Wildman–Crippen MR) is 103 cm³/mol. The van der Waals surface area contributed by atoms with Crippen LogP contribution in [0.2, 0.25) is 0 Å². The number of fused-ring (bicyclic) bond motifs is 1. The van der Waals surface area contributed by atoms with Crippen LogP contribution in [0.15, 0.2) is 30.3 Å². The number of aryl methyl sites for hydroxylation is 2. The highest BCUT2D eigenvalue weighted by atomic mass is 32.1. The molecule has 1 saturated carbocycles. The molecule has 0 saturated heterocycles. The van der Waals surface area contributed by atoms with Crippen molar-refractivity contribution in [3.05, 3.63) is 40.9 Å². The van der Waals surface area contributed by atoms with E-state index >= 15 is 0 Å². The molecule has 0 radical (unpaired) electrons. The quantitative estimate of drug-likeness (QED) is 0.588. The van der Waals surface area contributed by atoms with Gasteiger partial charge in [0.05, 0.1) is 16.6 Å². The van der Waals surface area contributed by atoms with Gasteiger partial charge in [-0.25, -0.2) is 4.68 Å². The molecule has 1 amide bonds. The monoisotopic (exact) mass is 379 g/mol. The highest BCUT2D eigenvalue weighted by Gasteiger charge is 2.28. The van der Waals surface area contributed by atoms with Crippen LogP contribution < -0.4 is 5.32 Å². The lowest BCUT2D eigenvalue weighted by Crippen LogP contribution is -2.10. The van der Waals surface area contributed by atoms with Crippen LogP contribution in [0.4, 0.5) is 5.69 Å². The lowest BCUT2D eigenvalue weighted by molar-refractivity contribution is 0.103. The molecule has 1 aliphatic carbocycles. The Morgan fingerprint density at radius 1 is 1.26 bits per heavy atom. The smallest absolute Gasteiger partial charge is 0.265 e. The first kappa shape index (κ1) is 16.1. The van der Waals surface area contributed by atoms with E-state index in [0.717, 1.165) is 45.8 Å². The topological polar surface area (TPSA) is 90.5 Å². The molecule has 1 N–H and O–H groups in total. The number of carbonyl (C=O) groups is 1. The van der Waals surface area contributed by atoms with E-state index in [0.29, 0.717) is 10.9 Å². The van der Waals surface area contributed by atoms with Crippen molar-refractivity contribution in [1.82, 2.24) is 30.0 Å². The largest absolute Gasteiger partial charge is 0.321 e. The van der Waals surface area contributed by atoms with Crippen LogP contribution >= 0.6 is 11.3 Å². The van der Waals surface area contributed by atoms with Crippen molar-refractivity contribution in [2.75, 3.05) is 5.32 Å². The van der Waals surface area contributed by atoms with Gasteiger partial charge in [0, 0.05) is 23.7 Å². The number of rotatable bonds is 4. The minimum atomic E-state index is -0.119. The Morgan fingerprint density at radius 3 is 2.74 bits per heavy atom. The van der Waals surface area contributed by atoms with Gasteiger partial charge in [0.15, 0.2) is 5.82 Å². The first-order valence-corrected chi connectivity index (χ1v) is 9.54. The summed E-state index contributed by atoms with van der Waals surface area (Å²) in [5.74, 6) is 0.647. The van der Waals surface area contributed by atoms with Crippen LogP contribution in [0, 0.1) is 6.92 Å². The second kappa shape index (κ2) is 5.98. The van der Waals surface area contributed by atoms with E-state index in [1.807, 2.05) is 53.7 Å². The number of hydrogen-bond acceptors (Lipinski definition) is 6. The maximum atomic E-state index is 12.6. The molecule has 3 heterocycles. The summed E-state index contributed by atoms with van der Waals surface area (Å²) < 4.78 is 3.69. The van der Waals surface area contributed by atoms with Crippen LogP contribution in [-0.4, -0.2) is 35.9 Å². The number of tetrazole rings is 1. The molecule has 4 aromatic rings. The van der Waals surface area contributed by atoms with Gasteiger partial charge >= 0.3 is 0 Å². The number of nitrogens with zero attached hydrogens (tertiary/aromatic N) is 6. The van der Waals surface area contributed by atoms with Crippen molar-refractivity contribution in [2.24, 2.45) is 7.05 Å². The number of anilines is 1. The number of hydrogen-bond donors (Lipinski definition) is 1. The van der Waals surface area contributed by atoms with Gasteiger partial charge in [0.2, 0.25) is 0 Å². The van der Waals surface area contributed by atoms with Gasteiger partial charge in [0.25, 0.3) is 5.91 Å². The van der Waals surface area contributed by atoms with E-state index in [-0.39, 0.29) is 5.91 Å². The SMILES string of the molecule is Cc1nn(C)c2sc(C(=O)Nc3ccc(-c4nnnn4C4CC4)cc3)cc12. The third-order valence-corrected chi connectivity index (χ3v) is 5.91. The van der Waals surface area contributed by atoms with E-state index in [1.54, 1.807) is 0 Å². The number of benzene rings is 1. The van der Waals surface area contributed by atoms with Gasteiger partial charge in [-0.15, -0.1) is 16.4 Å². The number of amides is 1. The molecule has 27 heavy (non-hydrogen) atoms. The fourth-order valence-electron chi connectivity index (χ4n) is 3.16. The Morgan fingerprint density at radius 2 is 2.04 bits per heavy atom. The fourth-order valence-corrected chi connectivity index (χ4v) is 4.18. The summed E-state index contributed by atoms with van der Waals surface area (Å²) in [5, 5.41) is 20.3. The van der Waals surface area contributed by atoms with E-state index in [1.165, 1.54) is 11.3 Å². The lowest BCUT2D eigenvalue weighted by atomic mass is 10.2. The van der Waals surface area contributed by atoms with E-state index < -0.39 is 0 Å². The Balaban J connectivity index is 1.36. The number of aromatic nitrogens is 6. The highest BCUT2D eigenvalue weighted by molar-refractivity contribution is 7.20. The summed E-state index contributed by atoms with van der Waals surface area (Å²) in [4.78, 5) is 14.3. The molecule has 1 aliphatic rings. The molecule has 5 rings (SSSR count). The van der Waals surface area contributed by atoms with Crippen molar-refractivity contribution in [1.29, 1.82) is 0 Å². The zero-order valence-corrected chi connectivity index (χ0v) is 15.7. The van der Waals surface area contributed by atoms with Crippen molar-refractivity contribution in [3.8, 4) is 11.4 Å². The van der Waals surface area contributed by atoms with Gasteiger partial charge in [-0.1, -0.05) is 0 Å². The van der Waals surface area contributed by atoms with Crippen LogP contribution in [0.25, 0.3) is 21.6 Å². The summed E-state index contributed by atoms with van der Waals surface area (Å²) in [6, 6.07) is 9.92. The third kappa shape index (κ3) is 2.80. The van der Waals surface area contributed by atoms with Crippen molar-refractivity contribution < 1.29 is 4.79 Å². The number of thiophene rings is 1. The Kier molecular flexibility index (Phi) is 3.57. The minimum absolute atomic E-state index is 0.119. The second-order valence-corrected chi connectivity index (χ2v) is 7.78. The van der Waals surface area contributed by atoms with Gasteiger partial charge in [-0.3, -0.25) is 9.48 Å². The molecule has 3 aromatic heterocycles. The Labute approximate surface area is 158 Å². The molecule has 0 unspecified atom stereocenters. The van der Waals surface area contributed by atoms with Gasteiger partial charge in [-0.05, 0) is 60.5 Å². The van der Waals surface area contributed by atoms with E-state index in [2.05, 4.69) is 25.9 Å². The molecule has 8 nitrogen and oxygen atoms in total. The maximum Gasteiger partial charge on any atom is 0.265 e. The summed E-state index contributed by atoms with van der Waals surface area (Å²) in [7, 11) is 1.89. The zero-order valence-electron chi connectivity index (χ0n) is 14.9. The van der Waals surface area contributed by atoms with E-state index in [4.69, 9.17) is 0 Å². The summed E-state index contributed by atoms with van der Waals surface area (Å²) in [6.07, 6.45) is 2.24. The number of nitrogens with one attached hydrogen (secondary N) is 1. The first-order valence-electron chi connectivity index (χ1n) is 8.73. The lowest BCUT2D eigenvalue weighted by Gasteiger charge is -2.06. The average Bonchev–Trinajstić information content (AvgIpc) is 3.12. The molecule has 1 aromatic carbocycles. The van der Waals surface area contributed by atoms with Crippen molar-refractivity contribution in [2.45, 2.75) is 25.8 Å². The van der Waals surface area contributed by atoms with Crippen LogP contribution in [-0.2, 0) is 7.05 Å². The average molecular weight is 379 g/mol. The van der Waals surface area contributed by atoms with Crippen LogP contribution in [0.3, 0.4) is 0 Å². The third-order valence-electron chi connectivity index (χ3n) is 4.71. The van der Waals surface area contributed by atoms with Crippen LogP contribution in [0.1, 0.15) is 34.2 Å². The van der Waals surface area contributed by atoms with Gasteiger partial charge in [0.1, 0.15) is 4.83 Å². The summed E-state index contributed by atoms with van der Waals surface area (Å²) in [6.45, 7) is 1.95. The number of carbonyl (C=O) groups excluding carboxylic acids is 1. The standard InChI is InChI=1S/C18H17N7OS/c1-10-14-9-15(27-18(14)24(2)21-10)17(26)19-12-5-3-11(4-6-12)16-20-22-23-25(16)13-7-8-13/h3-6,9,13H,7-8H2,1-2H3,(H,19,26). The van der Waals surface area contributed by atoms with Gasteiger partial charge in [-0.2, -0.15) is 5.10 Å². The molecular weight excluding hydrogens is 362 g/mol. The normalized spacial score (nSPS) is 14.0. The molecule has 0 spiro atoms. The van der Waals surface area contributed by atoms with Crippen molar-refractivity contribution in [3.63, 3.8) is 0 Å². The molecular formula is C18H17N7OS. The van der Waals surface area contributed by atoms with Crippen LogP contribution in [0.5, 0.6) is 0 Å². The second-order valence-electron chi connectivity index (χ2n) is 6.75. The predicted octanol–water partition coefficient (Wildman–Crippen LogP) is 3.18. The summed E-state index contributed by atoms with van der Waals surface area (Å²) in [5.41, 5.74) is 2.61. The molecule has 9 heteroatoms. The Hall–Kier alpha value is -3.07. The highest BCUT2D eigenvalue weighted by Crippen LogP contribution is 2.36. The molecule has 1 fully saturated rings. The fraction of sp³-hybridized carbons (Fsp3) is 0.278. The first-order chi connectivity index (χ1) is 13.1. The Bertz CT molecular complexity index is 1120. The molecule has 136 valence electrons. The molecule has 0 aliphatic heterocycles. The van der Waals surface area contributed by atoms with Gasteiger partial charge < -0.3 is 5.32 Å². The molecule has 0 bridgehead atoms. The van der Waals surface area contributed by atoms with Crippen molar-refractivity contribution >= 4 is 33.1 Å². The van der Waals surface area contributed by atoms with E-state index in [9.17, 15) is 4.79 Å². The summed E-state index contributed by atoms with van der Waals surface area (Å²) >= 11 is 1.44.